The van der Waals surface area contributed by atoms with Crippen LogP contribution >= 0.6 is 11.3 Å². The monoisotopic (exact) mass is 406 g/mol. The molecule has 3 rings (SSSR count). The van der Waals surface area contributed by atoms with Gasteiger partial charge in [0.15, 0.2) is 0 Å². The van der Waals surface area contributed by atoms with Crippen molar-refractivity contribution in [2.24, 2.45) is 5.10 Å². The Morgan fingerprint density at radius 3 is 2.28 bits per heavy atom. The molecule has 2 aromatic carbocycles. The average molecular weight is 407 g/mol. The van der Waals surface area contributed by atoms with Crippen molar-refractivity contribution in [3.05, 3.63) is 87.6 Å². The molecule has 0 bridgehead atoms. The summed E-state index contributed by atoms with van der Waals surface area (Å²) in [6.07, 6.45) is 1.53. The molecule has 6 heteroatoms. The number of ether oxygens (including phenoxy) is 1. The van der Waals surface area contributed by atoms with Crippen molar-refractivity contribution in [1.82, 2.24) is 5.43 Å². The van der Waals surface area contributed by atoms with Gasteiger partial charge in [0.1, 0.15) is 10.6 Å². The number of thiophene rings is 1. The van der Waals surface area contributed by atoms with Crippen molar-refractivity contribution in [3.63, 3.8) is 0 Å². The largest absolute Gasteiger partial charge is 0.422 e. The van der Waals surface area contributed by atoms with Crippen molar-refractivity contribution in [2.45, 2.75) is 26.2 Å². The molecule has 0 aliphatic heterocycles. The van der Waals surface area contributed by atoms with E-state index in [9.17, 15) is 9.59 Å². The summed E-state index contributed by atoms with van der Waals surface area (Å²) < 4.78 is 5.30. The van der Waals surface area contributed by atoms with Crippen molar-refractivity contribution in [3.8, 4) is 5.75 Å². The summed E-state index contributed by atoms with van der Waals surface area (Å²) >= 11 is 1.33. The summed E-state index contributed by atoms with van der Waals surface area (Å²) in [4.78, 5) is 24.7. The normalized spacial score (nSPS) is 11.4. The fourth-order valence-corrected chi connectivity index (χ4v) is 3.12. The van der Waals surface area contributed by atoms with Gasteiger partial charge in [0, 0.05) is 5.56 Å². The summed E-state index contributed by atoms with van der Waals surface area (Å²) in [6.45, 7) is 6.38. The van der Waals surface area contributed by atoms with Crippen LogP contribution in [0.15, 0.2) is 71.1 Å². The Labute approximate surface area is 174 Å². The van der Waals surface area contributed by atoms with Crippen LogP contribution in [0, 0.1) is 0 Å². The van der Waals surface area contributed by atoms with Crippen molar-refractivity contribution in [2.75, 3.05) is 0 Å². The Hall–Kier alpha value is -3.25. The van der Waals surface area contributed by atoms with E-state index in [-0.39, 0.29) is 17.3 Å². The summed E-state index contributed by atoms with van der Waals surface area (Å²) in [5.74, 6) is -0.210. The highest BCUT2D eigenvalue weighted by Gasteiger charge is 2.14. The number of hydrogen-bond donors (Lipinski definition) is 1. The minimum Gasteiger partial charge on any atom is -0.422 e. The second kappa shape index (κ2) is 8.84. The number of carbonyl (C=O) groups is 2. The lowest BCUT2D eigenvalue weighted by Crippen LogP contribution is -2.18. The van der Waals surface area contributed by atoms with E-state index in [1.54, 1.807) is 48.5 Å². The number of nitrogens with zero attached hydrogens (tertiary/aromatic N) is 1. The molecule has 0 spiro atoms. The van der Waals surface area contributed by atoms with Crippen LogP contribution in [0.25, 0.3) is 0 Å². The lowest BCUT2D eigenvalue weighted by Gasteiger charge is -2.18. The number of esters is 1. The molecule has 0 atom stereocenters. The zero-order valence-corrected chi connectivity index (χ0v) is 17.3. The Morgan fingerprint density at radius 2 is 1.69 bits per heavy atom. The van der Waals surface area contributed by atoms with E-state index in [1.165, 1.54) is 17.6 Å². The molecule has 3 aromatic rings. The van der Waals surface area contributed by atoms with E-state index in [0.717, 1.165) is 11.1 Å². The number of carbonyl (C=O) groups excluding carboxylic acids is 2. The number of hydrazone groups is 1. The quantitative estimate of drug-likeness (QED) is 0.280. The molecule has 1 amide bonds. The van der Waals surface area contributed by atoms with Gasteiger partial charge in [0.25, 0.3) is 5.91 Å². The van der Waals surface area contributed by atoms with Crippen molar-refractivity contribution >= 4 is 29.4 Å². The van der Waals surface area contributed by atoms with Gasteiger partial charge in [-0.25, -0.2) is 10.2 Å². The average Bonchev–Trinajstić information content (AvgIpc) is 3.24. The minimum atomic E-state index is -0.383. The van der Waals surface area contributed by atoms with E-state index in [2.05, 4.69) is 31.3 Å². The molecule has 1 heterocycles. The third-order valence-electron chi connectivity index (χ3n) is 4.21. The standard InChI is InChI=1S/C23H22N2O3S/c1-23(2,3)18-10-8-17(9-11-18)21(26)25-24-15-16-6-12-19(13-7-16)28-22(27)20-5-4-14-29-20/h4-15H,1-3H3,(H,25,26)/b24-15-. The summed E-state index contributed by atoms with van der Waals surface area (Å²) in [5, 5.41) is 5.81. The Morgan fingerprint density at radius 1 is 1.00 bits per heavy atom. The smallest absolute Gasteiger partial charge is 0.353 e. The number of rotatable bonds is 5. The molecule has 0 aliphatic carbocycles. The molecule has 1 aromatic heterocycles. The van der Waals surface area contributed by atoms with Crippen molar-refractivity contribution < 1.29 is 14.3 Å². The molecule has 1 N–H and O–H groups in total. The van der Waals surface area contributed by atoms with Crippen LogP contribution in [-0.4, -0.2) is 18.1 Å². The second-order valence-electron chi connectivity index (χ2n) is 7.46. The fourth-order valence-electron chi connectivity index (χ4n) is 2.53. The van der Waals surface area contributed by atoms with Gasteiger partial charge in [-0.1, -0.05) is 39.0 Å². The topological polar surface area (TPSA) is 67.8 Å². The molecule has 29 heavy (non-hydrogen) atoms. The van der Waals surface area contributed by atoms with E-state index in [0.29, 0.717) is 16.2 Å². The Kier molecular flexibility index (Phi) is 6.24. The highest BCUT2D eigenvalue weighted by molar-refractivity contribution is 7.12. The number of hydrogen-bond acceptors (Lipinski definition) is 5. The summed E-state index contributed by atoms with van der Waals surface area (Å²) in [6, 6.07) is 17.9. The predicted octanol–water partition coefficient (Wildman–Crippen LogP) is 5.03. The third-order valence-corrected chi connectivity index (χ3v) is 5.06. The van der Waals surface area contributed by atoms with Gasteiger partial charge >= 0.3 is 5.97 Å². The second-order valence-corrected chi connectivity index (χ2v) is 8.41. The molecule has 0 radical (unpaired) electrons. The molecule has 0 saturated heterocycles. The van der Waals surface area contributed by atoms with E-state index < -0.39 is 0 Å². The van der Waals surface area contributed by atoms with Gasteiger partial charge in [-0.2, -0.15) is 5.10 Å². The highest BCUT2D eigenvalue weighted by Crippen LogP contribution is 2.22. The van der Waals surface area contributed by atoms with Crippen LogP contribution in [0.1, 0.15) is 51.9 Å². The van der Waals surface area contributed by atoms with Crippen molar-refractivity contribution in [1.29, 1.82) is 0 Å². The lowest BCUT2D eigenvalue weighted by atomic mass is 9.87. The third kappa shape index (κ3) is 5.62. The fraction of sp³-hybridized carbons (Fsp3) is 0.174. The van der Waals surface area contributed by atoms with Gasteiger partial charge in [0.2, 0.25) is 0 Å². The molecule has 0 fully saturated rings. The molecule has 148 valence electrons. The molecular formula is C23H22N2O3S. The number of nitrogens with one attached hydrogen (secondary N) is 1. The minimum absolute atomic E-state index is 0.0391. The molecule has 5 nitrogen and oxygen atoms in total. The maximum Gasteiger partial charge on any atom is 0.353 e. The van der Waals surface area contributed by atoms with Gasteiger partial charge in [-0.05, 0) is 64.4 Å². The van der Waals surface area contributed by atoms with E-state index in [4.69, 9.17) is 4.74 Å². The van der Waals surface area contributed by atoms with Crippen LogP contribution in [-0.2, 0) is 5.41 Å². The first-order chi connectivity index (χ1) is 13.8. The summed E-state index contributed by atoms with van der Waals surface area (Å²) in [7, 11) is 0. The van der Waals surface area contributed by atoms with E-state index in [1.807, 2.05) is 17.5 Å². The SMILES string of the molecule is CC(C)(C)c1ccc(C(=O)N/N=C\c2ccc(OC(=O)c3cccs3)cc2)cc1. The maximum atomic E-state index is 12.2. The van der Waals surface area contributed by atoms with Crippen LogP contribution in [0.3, 0.4) is 0 Å². The number of benzene rings is 2. The highest BCUT2D eigenvalue weighted by atomic mass is 32.1. The zero-order chi connectivity index (χ0) is 20.9. The Balaban J connectivity index is 1.54. The first kappa shape index (κ1) is 20.5. The van der Waals surface area contributed by atoms with Crippen LogP contribution in [0.4, 0.5) is 0 Å². The van der Waals surface area contributed by atoms with Gasteiger partial charge in [-0.3, -0.25) is 4.79 Å². The van der Waals surface area contributed by atoms with Crippen LogP contribution in [0.5, 0.6) is 5.75 Å². The van der Waals surface area contributed by atoms with Gasteiger partial charge in [-0.15, -0.1) is 11.3 Å². The summed E-state index contributed by atoms with van der Waals surface area (Å²) in [5.41, 5.74) is 5.04. The van der Waals surface area contributed by atoms with Crippen LogP contribution < -0.4 is 10.2 Å². The Bertz CT molecular complexity index is 1000. The zero-order valence-electron chi connectivity index (χ0n) is 16.5. The number of amides is 1. The van der Waals surface area contributed by atoms with Gasteiger partial charge in [0.05, 0.1) is 6.21 Å². The maximum absolute atomic E-state index is 12.2. The first-order valence-electron chi connectivity index (χ1n) is 9.12. The predicted molar refractivity (Wildman–Crippen MR) is 116 cm³/mol. The molecule has 0 unspecified atom stereocenters. The molecular weight excluding hydrogens is 384 g/mol. The van der Waals surface area contributed by atoms with Crippen LogP contribution in [0.2, 0.25) is 0 Å². The van der Waals surface area contributed by atoms with E-state index >= 15 is 0 Å². The van der Waals surface area contributed by atoms with Gasteiger partial charge < -0.3 is 4.74 Å². The molecule has 0 aliphatic rings. The lowest BCUT2D eigenvalue weighted by molar-refractivity contribution is 0.0739. The molecule has 0 saturated carbocycles. The first-order valence-corrected chi connectivity index (χ1v) is 10.0.